The highest BCUT2D eigenvalue weighted by Crippen LogP contribution is 2.08. The molecule has 4 N–H and O–H groups in total. The van der Waals surface area contributed by atoms with Crippen molar-refractivity contribution in [1.29, 1.82) is 0 Å². The number of likely N-dealkylation sites (N-methyl/N-ethyl adjacent to an activating group) is 1. The standard InChI is InChI=1S/C10H23N3O/c1-5-6-8(2)13(4)7-10(3,12)9(11)14/h8H,5-7,12H2,1-4H3,(H2,11,14). The summed E-state index contributed by atoms with van der Waals surface area (Å²) in [5.74, 6) is -0.451. The molecule has 0 radical (unpaired) electrons. The number of hydrogen-bond acceptors (Lipinski definition) is 3. The molecule has 0 rings (SSSR count). The first-order chi connectivity index (χ1) is 6.31. The predicted molar refractivity (Wildman–Crippen MR) is 58.8 cm³/mol. The van der Waals surface area contributed by atoms with E-state index < -0.39 is 11.4 Å². The molecular formula is C10H23N3O. The molecule has 0 aromatic rings. The molecule has 14 heavy (non-hydrogen) atoms. The maximum atomic E-state index is 11.0. The predicted octanol–water partition coefficient (Wildman–Crippen LogP) is 0.310. The van der Waals surface area contributed by atoms with Crippen molar-refractivity contribution >= 4 is 5.91 Å². The largest absolute Gasteiger partial charge is 0.368 e. The van der Waals surface area contributed by atoms with E-state index in [0.29, 0.717) is 12.6 Å². The Bertz CT molecular complexity index is 192. The fourth-order valence-electron chi connectivity index (χ4n) is 1.39. The van der Waals surface area contributed by atoms with E-state index in [1.807, 2.05) is 7.05 Å². The molecule has 0 spiro atoms. The SMILES string of the molecule is CCCC(C)N(C)CC(C)(N)C(N)=O. The zero-order valence-electron chi connectivity index (χ0n) is 9.71. The third kappa shape index (κ3) is 4.07. The molecule has 0 saturated heterocycles. The summed E-state index contributed by atoms with van der Waals surface area (Å²) >= 11 is 0. The third-order valence-electron chi connectivity index (χ3n) is 2.60. The Balaban J connectivity index is 4.16. The second-order valence-corrected chi connectivity index (χ2v) is 4.33. The summed E-state index contributed by atoms with van der Waals surface area (Å²) in [4.78, 5) is 13.1. The van der Waals surface area contributed by atoms with E-state index >= 15 is 0 Å². The molecule has 0 aliphatic heterocycles. The summed E-state index contributed by atoms with van der Waals surface area (Å²) in [5, 5.41) is 0. The number of hydrogen-bond donors (Lipinski definition) is 2. The van der Waals surface area contributed by atoms with Gasteiger partial charge in [-0.1, -0.05) is 13.3 Å². The number of nitrogens with zero attached hydrogens (tertiary/aromatic N) is 1. The van der Waals surface area contributed by atoms with Crippen molar-refractivity contribution in [3.05, 3.63) is 0 Å². The molecule has 0 heterocycles. The zero-order valence-corrected chi connectivity index (χ0v) is 9.71. The van der Waals surface area contributed by atoms with Gasteiger partial charge in [-0.15, -0.1) is 0 Å². The first kappa shape index (κ1) is 13.4. The number of carbonyl (C=O) groups excluding carboxylic acids is 1. The highest BCUT2D eigenvalue weighted by atomic mass is 16.1. The van der Waals surface area contributed by atoms with Gasteiger partial charge in [0.15, 0.2) is 0 Å². The number of primary amides is 1. The minimum atomic E-state index is -0.934. The molecule has 84 valence electrons. The summed E-state index contributed by atoms with van der Waals surface area (Å²) in [5.41, 5.74) is 10.0. The first-order valence-corrected chi connectivity index (χ1v) is 5.10. The molecule has 4 nitrogen and oxygen atoms in total. The maximum Gasteiger partial charge on any atom is 0.238 e. The lowest BCUT2D eigenvalue weighted by atomic mass is 10.0. The van der Waals surface area contributed by atoms with Gasteiger partial charge in [0.05, 0.1) is 0 Å². The van der Waals surface area contributed by atoms with Crippen LogP contribution in [-0.2, 0) is 4.79 Å². The van der Waals surface area contributed by atoms with E-state index in [0.717, 1.165) is 12.8 Å². The molecule has 0 saturated carbocycles. The average Bonchev–Trinajstić information content (AvgIpc) is 2.03. The second-order valence-electron chi connectivity index (χ2n) is 4.33. The van der Waals surface area contributed by atoms with Crippen molar-refractivity contribution in [3.63, 3.8) is 0 Å². The molecule has 4 heteroatoms. The summed E-state index contributed by atoms with van der Waals surface area (Å²) in [6.45, 7) is 6.44. The minimum Gasteiger partial charge on any atom is -0.368 e. The van der Waals surface area contributed by atoms with Crippen molar-refractivity contribution in [2.45, 2.75) is 45.2 Å². The van der Waals surface area contributed by atoms with E-state index in [1.165, 1.54) is 0 Å². The molecule has 2 unspecified atom stereocenters. The van der Waals surface area contributed by atoms with E-state index in [4.69, 9.17) is 11.5 Å². The van der Waals surface area contributed by atoms with Crippen LogP contribution >= 0.6 is 0 Å². The van der Waals surface area contributed by atoms with Crippen LogP contribution in [0.5, 0.6) is 0 Å². The van der Waals surface area contributed by atoms with Gasteiger partial charge in [0.2, 0.25) is 5.91 Å². The lowest BCUT2D eigenvalue weighted by molar-refractivity contribution is -0.123. The fourth-order valence-corrected chi connectivity index (χ4v) is 1.39. The lowest BCUT2D eigenvalue weighted by Crippen LogP contribution is -2.57. The van der Waals surface area contributed by atoms with E-state index in [9.17, 15) is 4.79 Å². The first-order valence-electron chi connectivity index (χ1n) is 5.10. The van der Waals surface area contributed by atoms with Gasteiger partial charge in [-0.25, -0.2) is 0 Å². The molecular weight excluding hydrogens is 178 g/mol. The molecule has 0 aromatic carbocycles. The summed E-state index contributed by atoms with van der Waals surface area (Å²) in [6.07, 6.45) is 2.23. The van der Waals surface area contributed by atoms with E-state index in [2.05, 4.69) is 18.7 Å². The van der Waals surface area contributed by atoms with Gasteiger partial charge < -0.3 is 16.4 Å². The van der Waals surface area contributed by atoms with E-state index in [-0.39, 0.29) is 0 Å². The Morgan fingerprint density at radius 1 is 1.57 bits per heavy atom. The van der Waals surface area contributed by atoms with Crippen LogP contribution in [0.1, 0.15) is 33.6 Å². The van der Waals surface area contributed by atoms with Gasteiger partial charge in [-0.2, -0.15) is 0 Å². The second kappa shape index (κ2) is 5.32. The number of nitrogens with two attached hydrogens (primary N) is 2. The zero-order chi connectivity index (χ0) is 11.4. The van der Waals surface area contributed by atoms with Crippen LogP contribution in [-0.4, -0.2) is 36.0 Å². The maximum absolute atomic E-state index is 11.0. The summed E-state index contributed by atoms with van der Waals surface area (Å²) in [7, 11) is 1.97. The summed E-state index contributed by atoms with van der Waals surface area (Å²) < 4.78 is 0. The van der Waals surface area contributed by atoms with Crippen LogP contribution < -0.4 is 11.5 Å². The molecule has 0 fully saturated rings. The van der Waals surface area contributed by atoms with Crippen molar-refractivity contribution in [3.8, 4) is 0 Å². The average molecular weight is 201 g/mol. The Kier molecular flexibility index (Phi) is 5.08. The van der Waals surface area contributed by atoms with E-state index in [1.54, 1.807) is 6.92 Å². The normalized spacial score (nSPS) is 17.9. The molecule has 1 amide bonds. The number of carbonyl (C=O) groups is 1. The quantitative estimate of drug-likeness (QED) is 0.649. The van der Waals surface area contributed by atoms with Crippen molar-refractivity contribution in [2.75, 3.05) is 13.6 Å². The molecule has 0 aromatic heterocycles. The smallest absolute Gasteiger partial charge is 0.238 e. The Morgan fingerprint density at radius 2 is 2.07 bits per heavy atom. The molecule has 0 aliphatic rings. The van der Waals surface area contributed by atoms with Gasteiger partial charge in [-0.05, 0) is 27.3 Å². The topological polar surface area (TPSA) is 72.3 Å². The van der Waals surface area contributed by atoms with Crippen molar-refractivity contribution < 1.29 is 4.79 Å². The van der Waals surface area contributed by atoms with Gasteiger partial charge in [0, 0.05) is 12.6 Å². The molecule has 0 bridgehead atoms. The van der Waals surface area contributed by atoms with Crippen molar-refractivity contribution in [2.24, 2.45) is 11.5 Å². The minimum absolute atomic E-state index is 0.433. The molecule has 2 atom stereocenters. The van der Waals surface area contributed by atoms with Gasteiger partial charge in [0.1, 0.15) is 5.54 Å². The fraction of sp³-hybridized carbons (Fsp3) is 0.900. The van der Waals surface area contributed by atoms with Crippen molar-refractivity contribution in [1.82, 2.24) is 4.90 Å². The van der Waals surface area contributed by atoms with Gasteiger partial charge in [-0.3, -0.25) is 4.79 Å². The van der Waals surface area contributed by atoms with Crippen LogP contribution in [0.2, 0.25) is 0 Å². The van der Waals surface area contributed by atoms with Gasteiger partial charge >= 0.3 is 0 Å². The monoisotopic (exact) mass is 201 g/mol. The van der Waals surface area contributed by atoms with Crippen LogP contribution in [0, 0.1) is 0 Å². The van der Waals surface area contributed by atoms with Gasteiger partial charge in [0.25, 0.3) is 0 Å². The Labute approximate surface area is 86.6 Å². The van der Waals surface area contributed by atoms with Crippen LogP contribution in [0.3, 0.4) is 0 Å². The Morgan fingerprint density at radius 3 is 2.43 bits per heavy atom. The summed E-state index contributed by atoms with van der Waals surface area (Å²) in [6, 6.07) is 0.433. The third-order valence-corrected chi connectivity index (χ3v) is 2.60. The van der Waals surface area contributed by atoms with Crippen LogP contribution in [0.4, 0.5) is 0 Å². The van der Waals surface area contributed by atoms with Crippen LogP contribution in [0.25, 0.3) is 0 Å². The molecule has 0 aliphatic carbocycles. The Hall–Kier alpha value is -0.610. The highest BCUT2D eigenvalue weighted by Gasteiger charge is 2.28. The van der Waals surface area contributed by atoms with Crippen LogP contribution in [0.15, 0.2) is 0 Å². The number of amides is 1. The highest BCUT2D eigenvalue weighted by molar-refractivity contribution is 5.84. The lowest BCUT2D eigenvalue weighted by Gasteiger charge is -2.31. The number of rotatable bonds is 6.